The van der Waals surface area contributed by atoms with Gasteiger partial charge in [-0.2, -0.15) is 0 Å². The molecule has 0 aromatic heterocycles. The fourth-order valence-corrected chi connectivity index (χ4v) is 2.28. The lowest BCUT2D eigenvalue weighted by Gasteiger charge is -2.42. The van der Waals surface area contributed by atoms with Crippen LogP contribution in [0.4, 0.5) is 0 Å². The van der Waals surface area contributed by atoms with Gasteiger partial charge in [-0.25, -0.2) is 0 Å². The summed E-state index contributed by atoms with van der Waals surface area (Å²) in [7, 11) is 0. The van der Waals surface area contributed by atoms with Crippen LogP contribution in [-0.2, 0) is 0 Å². The number of hydrogen-bond acceptors (Lipinski definition) is 4. The Kier molecular flexibility index (Phi) is 5.55. The molecule has 5 nitrogen and oxygen atoms in total. The van der Waals surface area contributed by atoms with Crippen LogP contribution in [0.2, 0.25) is 0 Å². The monoisotopic (exact) mass is 229 g/mol. The molecular weight excluding hydrogens is 206 g/mol. The number of aliphatic hydroxyl groups excluding tert-OH is 1. The van der Waals surface area contributed by atoms with E-state index in [0.29, 0.717) is 19.0 Å². The number of amidine groups is 1. The molecule has 1 fully saturated rings. The van der Waals surface area contributed by atoms with Crippen LogP contribution >= 0.6 is 0 Å². The van der Waals surface area contributed by atoms with Gasteiger partial charge >= 0.3 is 0 Å². The Hall–Kier alpha value is -0.810. The Morgan fingerprint density at radius 3 is 2.62 bits per heavy atom. The molecule has 94 valence electrons. The number of nitrogens with two attached hydrogens (primary N) is 1. The van der Waals surface area contributed by atoms with Crippen molar-refractivity contribution in [3.05, 3.63) is 0 Å². The SMILES string of the molecule is CCC(CC(N)=NO)N(CCO)C1CCC1. The summed E-state index contributed by atoms with van der Waals surface area (Å²) in [5.41, 5.74) is 5.55. The summed E-state index contributed by atoms with van der Waals surface area (Å²) >= 11 is 0. The number of aliphatic hydroxyl groups is 1. The molecule has 1 aliphatic carbocycles. The van der Waals surface area contributed by atoms with Gasteiger partial charge in [-0.1, -0.05) is 18.5 Å². The molecule has 0 aromatic carbocycles. The number of nitrogens with zero attached hydrogens (tertiary/aromatic N) is 2. The van der Waals surface area contributed by atoms with Gasteiger partial charge in [-0.05, 0) is 19.3 Å². The van der Waals surface area contributed by atoms with Gasteiger partial charge in [0.2, 0.25) is 0 Å². The van der Waals surface area contributed by atoms with Crippen molar-refractivity contribution in [1.82, 2.24) is 4.90 Å². The van der Waals surface area contributed by atoms with Crippen LogP contribution < -0.4 is 5.73 Å². The van der Waals surface area contributed by atoms with Gasteiger partial charge in [-0.15, -0.1) is 0 Å². The Morgan fingerprint density at radius 2 is 2.25 bits per heavy atom. The van der Waals surface area contributed by atoms with Gasteiger partial charge in [0, 0.05) is 25.0 Å². The third-order valence-corrected chi connectivity index (χ3v) is 3.42. The molecule has 0 saturated heterocycles. The first-order chi connectivity index (χ1) is 7.72. The van der Waals surface area contributed by atoms with Crippen LogP contribution in [0.15, 0.2) is 5.16 Å². The van der Waals surface area contributed by atoms with E-state index in [0.717, 1.165) is 6.42 Å². The van der Waals surface area contributed by atoms with Crippen molar-refractivity contribution < 1.29 is 10.3 Å². The first kappa shape index (κ1) is 13.3. The van der Waals surface area contributed by atoms with Gasteiger partial charge in [0.25, 0.3) is 0 Å². The lowest BCUT2D eigenvalue weighted by Crippen LogP contribution is -2.49. The average Bonchev–Trinajstić information content (AvgIpc) is 2.22. The summed E-state index contributed by atoms with van der Waals surface area (Å²) in [6.45, 7) is 2.95. The topological polar surface area (TPSA) is 82.1 Å². The molecule has 1 aliphatic rings. The van der Waals surface area contributed by atoms with E-state index in [-0.39, 0.29) is 18.5 Å². The van der Waals surface area contributed by atoms with Crippen molar-refractivity contribution in [2.24, 2.45) is 10.9 Å². The maximum Gasteiger partial charge on any atom is 0.140 e. The van der Waals surface area contributed by atoms with Crippen LogP contribution in [0.5, 0.6) is 0 Å². The largest absolute Gasteiger partial charge is 0.409 e. The smallest absolute Gasteiger partial charge is 0.140 e. The first-order valence-corrected chi connectivity index (χ1v) is 6.05. The summed E-state index contributed by atoms with van der Waals surface area (Å²) in [6, 6.07) is 0.844. The van der Waals surface area contributed by atoms with E-state index in [4.69, 9.17) is 16.0 Å². The zero-order chi connectivity index (χ0) is 12.0. The molecule has 1 saturated carbocycles. The molecule has 4 N–H and O–H groups in total. The molecule has 1 unspecified atom stereocenters. The second-order valence-electron chi connectivity index (χ2n) is 4.40. The van der Waals surface area contributed by atoms with Crippen molar-refractivity contribution >= 4 is 5.84 Å². The predicted octanol–water partition coefficient (Wildman–Crippen LogP) is 0.748. The van der Waals surface area contributed by atoms with E-state index in [9.17, 15) is 0 Å². The van der Waals surface area contributed by atoms with Crippen molar-refractivity contribution in [2.45, 2.75) is 51.1 Å². The minimum absolute atomic E-state index is 0.170. The summed E-state index contributed by atoms with van der Waals surface area (Å²) in [4.78, 5) is 2.31. The summed E-state index contributed by atoms with van der Waals surface area (Å²) in [6.07, 6.45) is 5.20. The van der Waals surface area contributed by atoms with Crippen LogP contribution in [0.25, 0.3) is 0 Å². The van der Waals surface area contributed by atoms with E-state index >= 15 is 0 Å². The van der Waals surface area contributed by atoms with Gasteiger partial charge < -0.3 is 16.0 Å². The molecule has 0 aromatic rings. The molecule has 5 heteroatoms. The second-order valence-corrected chi connectivity index (χ2v) is 4.40. The lowest BCUT2D eigenvalue weighted by molar-refractivity contribution is 0.0601. The Morgan fingerprint density at radius 1 is 1.56 bits per heavy atom. The highest BCUT2D eigenvalue weighted by molar-refractivity contribution is 5.80. The quantitative estimate of drug-likeness (QED) is 0.260. The lowest BCUT2D eigenvalue weighted by atomic mass is 9.89. The third-order valence-electron chi connectivity index (χ3n) is 3.42. The summed E-state index contributed by atoms with van der Waals surface area (Å²) < 4.78 is 0. The molecule has 0 heterocycles. The van der Waals surface area contributed by atoms with Crippen molar-refractivity contribution in [3.8, 4) is 0 Å². The number of oxime groups is 1. The fourth-order valence-electron chi connectivity index (χ4n) is 2.28. The van der Waals surface area contributed by atoms with E-state index in [1.807, 2.05) is 0 Å². The Balaban J connectivity index is 2.57. The number of rotatable bonds is 7. The van der Waals surface area contributed by atoms with E-state index in [1.54, 1.807) is 0 Å². The standard InChI is InChI=1S/C11H23N3O2/c1-2-9(8-11(12)13-16)14(6-7-15)10-4-3-5-10/h9-10,15-16H,2-8H2,1H3,(H2,12,13). The van der Waals surface area contributed by atoms with Gasteiger partial charge in [0.05, 0.1) is 6.61 Å². The molecule has 0 radical (unpaired) electrons. The zero-order valence-corrected chi connectivity index (χ0v) is 9.97. The highest BCUT2D eigenvalue weighted by Gasteiger charge is 2.29. The van der Waals surface area contributed by atoms with E-state index < -0.39 is 0 Å². The van der Waals surface area contributed by atoms with Gasteiger partial charge in [-0.3, -0.25) is 4.90 Å². The molecular formula is C11H23N3O2. The molecule has 0 bridgehead atoms. The zero-order valence-electron chi connectivity index (χ0n) is 9.97. The minimum Gasteiger partial charge on any atom is -0.409 e. The van der Waals surface area contributed by atoms with Crippen LogP contribution in [0.3, 0.4) is 0 Å². The summed E-state index contributed by atoms with van der Waals surface area (Å²) in [5.74, 6) is 0.272. The van der Waals surface area contributed by atoms with Crippen LogP contribution in [0.1, 0.15) is 39.0 Å². The molecule has 1 atom stereocenters. The second kappa shape index (κ2) is 6.70. The van der Waals surface area contributed by atoms with E-state index in [2.05, 4.69) is 17.0 Å². The van der Waals surface area contributed by atoms with Gasteiger partial charge in [0.15, 0.2) is 0 Å². The minimum atomic E-state index is 0.170. The van der Waals surface area contributed by atoms with Crippen LogP contribution in [0, 0.1) is 0 Å². The van der Waals surface area contributed by atoms with E-state index in [1.165, 1.54) is 19.3 Å². The average molecular weight is 229 g/mol. The molecule has 0 spiro atoms. The summed E-state index contributed by atoms with van der Waals surface area (Å²) in [5, 5.41) is 20.7. The number of hydrogen-bond donors (Lipinski definition) is 3. The highest BCUT2D eigenvalue weighted by atomic mass is 16.4. The maximum absolute atomic E-state index is 9.09. The first-order valence-electron chi connectivity index (χ1n) is 6.05. The van der Waals surface area contributed by atoms with Crippen molar-refractivity contribution in [2.75, 3.05) is 13.2 Å². The van der Waals surface area contributed by atoms with Crippen molar-refractivity contribution in [1.29, 1.82) is 0 Å². The Labute approximate surface area is 96.9 Å². The molecule has 0 amide bonds. The Bertz CT molecular complexity index is 229. The molecule has 0 aliphatic heterocycles. The maximum atomic E-state index is 9.09. The van der Waals surface area contributed by atoms with Crippen LogP contribution in [-0.4, -0.2) is 46.3 Å². The third kappa shape index (κ3) is 3.35. The molecule has 1 rings (SSSR count). The molecule has 16 heavy (non-hydrogen) atoms. The fraction of sp³-hybridized carbons (Fsp3) is 0.909. The van der Waals surface area contributed by atoms with Crippen molar-refractivity contribution in [3.63, 3.8) is 0 Å². The highest BCUT2D eigenvalue weighted by Crippen LogP contribution is 2.27. The normalized spacial score (nSPS) is 19.8. The predicted molar refractivity (Wildman–Crippen MR) is 63.5 cm³/mol. The van der Waals surface area contributed by atoms with Gasteiger partial charge in [0.1, 0.15) is 5.84 Å².